The van der Waals surface area contributed by atoms with E-state index < -0.39 is 23.6 Å². The second kappa shape index (κ2) is 9.10. The lowest BCUT2D eigenvalue weighted by Gasteiger charge is -2.17. The minimum Gasteiger partial charge on any atom is -0.481 e. The van der Waals surface area contributed by atoms with E-state index >= 15 is 0 Å². The summed E-state index contributed by atoms with van der Waals surface area (Å²) in [6, 6.07) is 16.3. The fourth-order valence-corrected chi connectivity index (χ4v) is 4.88. The van der Waals surface area contributed by atoms with Crippen molar-refractivity contribution in [3.8, 4) is 11.1 Å². The standard InChI is InChI=1S/C26H28N2O6/c29-23(28-15-26(11-12-26)24(30)31)22-10-9-16(34-22)13-27-25(32)33-14-21-19-7-3-1-5-17(19)18-6-2-4-8-20(18)21/h1-8,16,21-22H,9-15H2,(H,27,32)(H,28,29)(H,30,31). The molecule has 5 rings (SSSR count). The van der Waals surface area contributed by atoms with Gasteiger partial charge in [-0.15, -0.1) is 0 Å². The van der Waals surface area contributed by atoms with Gasteiger partial charge in [-0.3, -0.25) is 9.59 Å². The Bertz CT molecular complexity index is 1070. The number of carbonyl (C=O) groups excluding carboxylic acids is 2. The Morgan fingerprint density at radius 2 is 1.62 bits per heavy atom. The number of aliphatic carboxylic acids is 1. The summed E-state index contributed by atoms with van der Waals surface area (Å²) >= 11 is 0. The predicted octanol–water partition coefficient (Wildman–Crippen LogP) is 3.05. The van der Waals surface area contributed by atoms with Crippen molar-refractivity contribution in [3.63, 3.8) is 0 Å². The van der Waals surface area contributed by atoms with Crippen LogP contribution in [0.2, 0.25) is 0 Å². The van der Waals surface area contributed by atoms with Crippen LogP contribution in [0.25, 0.3) is 11.1 Å². The molecule has 8 nitrogen and oxygen atoms in total. The van der Waals surface area contributed by atoms with Crippen LogP contribution in [0.15, 0.2) is 48.5 Å². The van der Waals surface area contributed by atoms with E-state index in [1.807, 2.05) is 24.3 Å². The Kier molecular flexibility index (Phi) is 6.00. The van der Waals surface area contributed by atoms with Crippen molar-refractivity contribution in [1.29, 1.82) is 0 Å². The first-order valence-electron chi connectivity index (χ1n) is 11.7. The van der Waals surface area contributed by atoms with Crippen molar-refractivity contribution in [1.82, 2.24) is 10.6 Å². The van der Waals surface area contributed by atoms with Gasteiger partial charge in [-0.25, -0.2) is 4.79 Å². The molecular weight excluding hydrogens is 436 g/mol. The topological polar surface area (TPSA) is 114 Å². The molecule has 1 heterocycles. The van der Waals surface area contributed by atoms with E-state index in [0.29, 0.717) is 25.7 Å². The molecule has 0 radical (unpaired) electrons. The highest BCUT2D eigenvalue weighted by Crippen LogP contribution is 2.45. The first kappa shape index (κ1) is 22.4. The highest BCUT2D eigenvalue weighted by atomic mass is 16.5. The fourth-order valence-electron chi connectivity index (χ4n) is 4.88. The van der Waals surface area contributed by atoms with Crippen molar-refractivity contribution in [2.45, 2.75) is 43.8 Å². The molecule has 8 heteroatoms. The predicted molar refractivity (Wildman–Crippen MR) is 123 cm³/mol. The van der Waals surface area contributed by atoms with Gasteiger partial charge < -0.3 is 25.2 Å². The summed E-state index contributed by atoms with van der Waals surface area (Å²) in [6.45, 7) is 0.616. The molecule has 2 aromatic rings. The molecule has 0 spiro atoms. The van der Waals surface area contributed by atoms with Crippen LogP contribution < -0.4 is 10.6 Å². The maximum Gasteiger partial charge on any atom is 0.407 e. The van der Waals surface area contributed by atoms with Gasteiger partial charge >= 0.3 is 12.1 Å². The molecule has 3 N–H and O–H groups in total. The SMILES string of the molecule is O=C(NCC1CCC(C(=O)NCC2(C(=O)O)CC2)O1)OCC1c2ccccc2-c2ccccc21. The lowest BCUT2D eigenvalue weighted by Crippen LogP contribution is -2.41. The normalized spacial score (nSPS) is 21.9. The number of carbonyl (C=O) groups is 3. The van der Waals surface area contributed by atoms with Crippen LogP contribution in [0.4, 0.5) is 4.79 Å². The van der Waals surface area contributed by atoms with Crippen molar-refractivity contribution < 1.29 is 29.0 Å². The Hall–Kier alpha value is -3.39. The Morgan fingerprint density at radius 1 is 0.971 bits per heavy atom. The van der Waals surface area contributed by atoms with Gasteiger partial charge in [0.1, 0.15) is 12.7 Å². The number of ether oxygens (including phenoxy) is 2. The molecule has 2 unspecified atom stereocenters. The zero-order chi connectivity index (χ0) is 23.7. The monoisotopic (exact) mass is 464 g/mol. The van der Waals surface area contributed by atoms with Gasteiger partial charge in [-0.1, -0.05) is 48.5 Å². The first-order valence-corrected chi connectivity index (χ1v) is 11.7. The number of amides is 2. The van der Waals surface area contributed by atoms with Gasteiger partial charge in [0.05, 0.1) is 11.5 Å². The van der Waals surface area contributed by atoms with Crippen LogP contribution in [0, 0.1) is 5.41 Å². The molecule has 1 saturated heterocycles. The molecule has 2 amide bonds. The molecule has 0 bridgehead atoms. The second-order valence-corrected chi connectivity index (χ2v) is 9.33. The number of benzene rings is 2. The first-order chi connectivity index (χ1) is 16.5. The van der Waals surface area contributed by atoms with Crippen LogP contribution in [0.1, 0.15) is 42.7 Å². The van der Waals surface area contributed by atoms with E-state index in [1.165, 1.54) is 11.1 Å². The number of nitrogens with one attached hydrogen (secondary N) is 2. The quantitative estimate of drug-likeness (QED) is 0.553. The summed E-state index contributed by atoms with van der Waals surface area (Å²) in [6.07, 6.45) is 0.899. The highest BCUT2D eigenvalue weighted by molar-refractivity contribution is 5.83. The summed E-state index contributed by atoms with van der Waals surface area (Å²) in [5.74, 6) is -1.17. The maximum atomic E-state index is 12.4. The zero-order valence-corrected chi connectivity index (χ0v) is 18.8. The number of rotatable bonds is 8. The molecular formula is C26H28N2O6. The molecule has 2 aliphatic carbocycles. The molecule has 2 aromatic carbocycles. The number of fused-ring (bicyclic) bond motifs is 3. The van der Waals surface area contributed by atoms with E-state index in [-0.39, 0.29) is 37.6 Å². The number of alkyl carbamates (subject to hydrolysis) is 1. The number of hydrogen-bond donors (Lipinski definition) is 3. The minimum atomic E-state index is -0.870. The fraction of sp³-hybridized carbons (Fsp3) is 0.423. The van der Waals surface area contributed by atoms with Gasteiger partial charge in [-0.2, -0.15) is 0 Å². The third-order valence-corrected chi connectivity index (χ3v) is 7.13. The molecule has 0 aromatic heterocycles. The van der Waals surface area contributed by atoms with Crippen LogP contribution in [-0.4, -0.2) is 55.0 Å². The van der Waals surface area contributed by atoms with Gasteiger partial charge in [0, 0.05) is 19.0 Å². The minimum absolute atomic E-state index is 0.00507. The van der Waals surface area contributed by atoms with Crippen LogP contribution in [0.3, 0.4) is 0 Å². The van der Waals surface area contributed by atoms with Gasteiger partial charge in [0.25, 0.3) is 0 Å². The van der Waals surface area contributed by atoms with Crippen molar-refractivity contribution in [2.24, 2.45) is 5.41 Å². The summed E-state index contributed by atoms with van der Waals surface area (Å²) in [4.78, 5) is 35.9. The van der Waals surface area contributed by atoms with Crippen molar-refractivity contribution in [3.05, 3.63) is 59.7 Å². The number of hydrogen-bond acceptors (Lipinski definition) is 5. The van der Waals surface area contributed by atoms with E-state index in [9.17, 15) is 19.5 Å². The van der Waals surface area contributed by atoms with Gasteiger partial charge in [-0.05, 0) is 47.9 Å². The Balaban J connectivity index is 1.07. The summed E-state index contributed by atoms with van der Waals surface area (Å²) < 4.78 is 11.3. The summed E-state index contributed by atoms with van der Waals surface area (Å²) in [5.41, 5.74) is 3.85. The average molecular weight is 465 g/mol. The van der Waals surface area contributed by atoms with E-state index in [4.69, 9.17) is 9.47 Å². The molecule has 2 fully saturated rings. The van der Waals surface area contributed by atoms with Crippen LogP contribution in [-0.2, 0) is 19.1 Å². The van der Waals surface area contributed by atoms with E-state index in [0.717, 1.165) is 11.1 Å². The zero-order valence-electron chi connectivity index (χ0n) is 18.8. The smallest absolute Gasteiger partial charge is 0.407 e. The van der Waals surface area contributed by atoms with E-state index in [1.54, 1.807) is 0 Å². The number of carboxylic acid groups (broad SMARTS) is 1. The average Bonchev–Trinajstić information content (AvgIpc) is 3.39. The van der Waals surface area contributed by atoms with E-state index in [2.05, 4.69) is 34.9 Å². The molecule has 2 atom stereocenters. The molecule has 1 aliphatic heterocycles. The van der Waals surface area contributed by atoms with Crippen molar-refractivity contribution >= 4 is 18.0 Å². The van der Waals surface area contributed by atoms with Crippen molar-refractivity contribution in [2.75, 3.05) is 19.7 Å². The largest absolute Gasteiger partial charge is 0.481 e. The Labute approximate surface area is 197 Å². The molecule has 34 heavy (non-hydrogen) atoms. The summed E-state index contributed by atoms with van der Waals surface area (Å²) in [7, 11) is 0. The molecule has 1 saturated carbocycles. The van der Waals surface area contributed by atoms with Crippen LogP contribution >= 0.6 is 0 Å². The molecule has 3 aliphatic rings. The maximum absolute atomic E-state index is 12.4. The highest BCUT2D eigenvalue weighted by Gasteiger charge is 2.50. The number of carboxylic acids is 1. The van der Waals surface area contributed by atoms with Gasteiger partial charge in [0.15, 0.2) is 0 Å². The summed E-state index contributed by atoms with van der Waals surface area (Å²) in [5, 5.41) is 14.7. The van der Waals surface area contributed by atoms with Crippen LogP contribution in [0.5, 0.6) is 0 Å². The lowest BCUT2D eigenvalue weighted by atomic mass is 9.98. The lowest BCUT2D eigenvalue weighted by molar-refractivity contribution is -0.143. The second-order valence-electron chi connectivity index (χ2n) is 9.33. The molecule has 178 valence electrons. The third-order valence-electron chi connectivity index (χ3n) is 7.13. The third kappa shape index (κ3) is 4.37. The van der Waals surface area contributed by atoms with Gasteiger partial charge in [0.2, 0.25) is 5.91 Å². The Morgan fingerprint density at radius 3 is 2.24 bits per heavy atom.